The highest BCUT2D eigenvalue weighted by molar-refractivity contribution is 5.89. The van der Waals surface area contributed by atoms with Crippen LogP contribution in [-0.2, 0) is 0 Å². The molecule has 2 amide bonds. The van der Waals surface area contributed by atoms with Gasteiger partial charge >= 0.3 is 6.03 Å². The van der Waals surface area contributed by atoms with Gasteiger partial charge in [0.1, 0.15) is 17.6 Å². The smallest absolute Gasteiger partial charge is 0.319 e. The highest BCUT2D eigenvalue weighted by atomic mass is 16.5. The van der Waals surface area contributed by atoms with E-state index < -0.39 is 6.10 Å². The van der Waals surface area contributed by atoms with Crippen LogP contribution < -0.4 is 15.4 Å². The Bertz CT molecular complexity index is 613. The maximum absolute atomic E-state index is 12.0. The molecule has 0 radical (unpaired) electrons. The summed E-state index contributed by atoms with van der Waals surface area (Å²) in [6.07, 6.45) is 1.12. The fourth-order valence-corrected chi connectivity index (χ4v) is 2.21. The Kier molecular flexibility index (Phi) is 6.05. The van der Waals surface area contributed by atoms with Gasteiger partial charge in [-0.05, 0) is 38.1 Å². The standard InChI is InChI=1S/C17H22N2O4/c1-3-22-14-7-4-6-13(11-14)19-17(21)18-12(2)10-15(20)16-8-5-9-23-16/h4-9,11-12,15,20H,3,10H2,1-2H3,(H2,18,19,21). The first-order chi connectivity index (χ1) is 11.1. The second kappa shape index (κ2) is 8.24. The predicted molar refractivity (Wildman–Crippen MR) is 87.5 cm³/mol. The van der Waals surface area contributed by atoms with Crippen molar-refractivity contribution in [2.45, 2.75) is 32.4 Å². The minimum absolute atomic E-state index is 0.217. The van der Waals surface area contributed by atoms with Gasteiger partial charge in [0.15, 0.2) is 0 Å². The third-order valence-corrected chi connectivity index (χ3v) is 3.23. The second-order valence-electron chi connectivity index (χ2n) is 5.23. The fourth-order valence-electron chi connectivity index (χ4n) is 2.21. The fraction of sp³-hybridized carbons (Fsp3) is 0.353. The minimum Gasteiger partial charge on any atom is -0.494 e. The Morgan fingerprint density at radius 2 is 2.17 bits per heavy atom. The molecule has 0 aliphatic heterocycles. The van der Waals surface area contributed by atoms with E-state index in [2.05, 4.69) is 10.6 Å². The molecule has 3 N–H and O–H groups in total. The Balaban J connectivity index is 1.83. The van der Waals surface area contributed by atoms with Crippen molar-refractivity contribution in [1.29, 1.82) is 0 Å². The lowest BCUT2D eigenvalue weighted by atomic mass is 10.1. The number of carbonyl (C=O) groups excluding carboxylic acids is 1. The molecule has 2 aromatic rings. The molecular weight excluding hydrogens is 296 g/mol. The molecule has 6 heteroatoms. The Morgan fingerprint density at radius 3 is 2.87 bits per heavy atom. The monoisotopic (exact) mass is 318 g/mol. The van der Waals surface area contributed by atoms with E-state index >= 15 is 0 Å². The van der Waals surface area contributed by atoms with Gasteiger partial charge in [-0.1, -0.05) is 6.07 Å². The van der Waals surface area contributed by atoms with E-state index in [9.17, 15) is 9.90 Å². The summed E-state index contributed by atoms with van der Waals surface area (Å²) in [6.45, 7) is 4.29. The minimum atomic E-state index is -0.749. The normalized spacial score (nSPS) is 13.2. The van der Waals surface area contributed by atoms with Crippen molar-refractivity contribution < 1.29 is 19.1 Å². The molecule has 2 atom stereocenters. The summed E-state index contributed by atoms with van der Waals surface area (Å²) in [5, 5.41) is 15.5. The molecule has 0 aliphatic carbocycles. The number of aliphatic hydroxyl groups is 1. The molecule has 124 valence electrons. The van der Waals surface area contributed by atoms with Crippen LogP contribution in [0.25, 0.3) is 0 Å². The van der Waals surface area contributed by atoms with Crippen LogP contribution in [0, 0.1) is 0 Å². The van der Waals surface area contributed by atoms with Crippen molar-refractivity contribution in [3.8, 4) is 5.75 Å². The number of nitrogens with one attached hydrogen (secondary N) is 2. The van der Waals surface area contributed by atoms with Crippen molar-refractivity contribution in [3.05, 3.63) is 48.4 Å². The van der Waals surface area contributed by atoms with E-state index in [4.69, 9.17) is 9.15 Å². The highest BCUT2D eigenvalue weighted by Crippen LogP contribution is 2.19. The lowest BCUT2D eigenvalue weighted by Gasteiger charge is -2.17. The zero-order valence-electron chi connectivity index (χ0n) is 13.3. The number of anilines is 1. The summed E-state index contributed by atoms with van der Waals surface area (Å²) in [4.78, 5) is 12.0. The van der Waals surface area contributed by atoms with Crippen LogP contribution in [0.15, 0.2) is 47.1 Å². The Labute approximate surface area is 135 Å². The number of carbonyl (C=O) groups is 1. The SMILES string of the molecule is CCOc1cccc(NC(=O)NC(C)CC(O)c2ccco2)c1. The first kappa shape index (κ1) is 16.9. The number of rotatable bonds is 7. The second-order valence-corrected chi connectivity index (χ2v) is 5.23. The number of furan rings is 1. The van der Waals surface area contributed by atoms with E-state index in [0.717, 1.165) is 0 Å². The zero-order chi connectivity index (χ0) is 16.7. The number of aliphatic hydroxyl groups excluding tert-OH is 1. The van der Waals surface area contributed by atoms with E-state index in [1.807, 2.05) is 26.0 Å². The van der Waals surface area contributed by atoms with Gasteiger partial charge < -0.3 is 24.9 Å². The predicted octanol–water partition coefficient (Wildman–Crippen LogP) is 3.31. The summed E-state index contributed by atoms with van der Waals surface area (Å²) in [7, 11) is 0. The van der Waals surface area contributed by atoms with Crippen molar-refractivity contribution in [3.63, 3.8) is 0 Å². The van der Waals surface area contributed by atoms with E-state index in [0.29, 0.717) is 30.2 Å². The summed E-state index contributed by atoms with van der Waals surface area (Å²) in [5.74, 6) is 1.19. The lowest BCUT2D eigenvalue weighted by molar-refractivity contribution is 0.130. The van der Waals surface area contributed by atoms with Crippen molar-refractivity contribution in [2.24, 2.45) is 0 Å². The largest absolute Gasteiger partial charge is 0.494 e. The summed E-state index contributed by atoms with van der Waals surface area (Å²) in [6, 6.07) is 10.0. The van der Waals surface area contributed by atoms with Gasteiger partial charge in [0.2, 0.25) is 0 Å². The van der Waals surface area contributed by atoms with E-state index in [1.165, 1.54) is 6.26 Å². The van der Waals surface area contributed by atoms with Crippen molar-refractivity contribution >= 4 is 11.7 Å². The number of amides is 2. The molecular formula is C17H22N2O4. The van der Waals surface area contributed by atoms with Crippen LogP contribution in [0.3, 0.4) is 0 Å². The molecule has 1 aromatic heterocycles. The molecule has 2 unspecified atom stereocenters. The average Bonchev–Trinajstić information content (AvgIpc) is 3.01. The van der Waals surface area contributed by atoms with Crippen LogP contribution in [0.1, 0.15) is 32.1 Å². The van der Waals surface area contributed by atoms with Crippen LogP contribution in [0.4, 0.5) is 10.5 Å². The van der Waals surface area contributed by atoms with Crippen molar-refractivity contribution in [2.75, 3.05) is 11.9 Å². The molecule has 1 aromatic carbocycles. The third-order valence-electron chi connectivity index (χ3n) is 3.23. The number of benzene rings is 1. The molecule has 0 saturated heterocycles. The number of hydrogen-bond acceptors (Lipinski definition) is 4. The number of hydrogen-bond donors (Lipinski definition) is 3. The maximum Gasteiger partial charge on any atom is 0.319 e. The number of urea groups is 1. The molecule has 0 saturated carbocycles. The number of ether oxygens (including phenoxy) is 1. The molecule has 0 spiro atoms. The Morgan fingerprint density at radius 1 is 1.35 bits per heavy atom. The summed E-state index contributed by atoms with van der Waals surface area (Å²) in [5.41, 5.74) is 0.646. The van der Waals surface area contributed by atoms with Gasteiger partial charge in [0.05, 0.1) is 12.9 Å². The molecule has 0 fully saturated rings. The maximum atomic E-state index is 12.0. The molecule has 0 bridgehead atoms. The molecule has 0 aliphatic rings. The Hall–Kier alpha value is -2.47. The summed E-state index contributed by atoms with van der Waals surface area (Å²) >= 11 is 0. The van der Waals surface area contributed by atoms with E-state index in [1.54, 1.807) is 24.3 Å². The van der Waals surface area contributed by atoms with Gasteiger partial charge in [-0.15, -0.1) is 0 Å². The third kappa shape index (κ3) is 5.34. The van der Waals surface area contributed by atoms with Gasteiger partial charge in [0, 0.05) is 24.2 Å². The van der Waals surface area contributed by atoms with Crippen LogP contribution >= 0.6 is 0 Å². The van der Waals surface area contributed by atoms with Crippen LogP contribution in [0.2, 0.25) is 0 Å². The average molecular weight is 318 g/mol. The van der Waals surface area contributed by atoms with Crippen molar-refractivity contribution in [1.82, 2.24) is 5.32 Å². The highest BCUT2D eigenvalue weighted by Gasteiger charge is 2.16. The van der Waals surface area contributed by atoms with Gasteiger partial charge in [-0.3, -0.25) is 0 Å². The van der Waals surface area contributed by atoms with Crippen LogP contribution in [0.5, 0.6) is 5.75 Å². The van der Waals surface area contributed by atoms with Gasteiger partial charge in [-0.25, -0.2) is 4.79 Å². The first-order valence-corrected chi connectivity index (χ1v) is 7.60. The lowest BCUT2D eigenvalue weighted by Crippen LogP contribution is -2.37. The van der Waals surface area contributed by atoms with Gasteiger partial charge in [0.25, 0.3) is 0 Å². The molecule has 23 heavy (non-hydrogen) atoms. The quantitative estimate of drug-likeness (QED) is 0.731. The first-order valence-electron chi connectivity index (χ1n) is 7.60. The topological polar surface area (TPSA) is 83.7 Å². The zero-order valence-corrected chi connectivity index (χ0v) is 13.3. The summed E-state index contributed by atoms with van der Waals surface area (Å²) < 4.78 is 10.5. The van der Waals surface area contributed by atoms with Crippen LogP contribution in [-0.4, -0.2) is 23.8 Å². The molecule has 2 rings (SSSR count). The molecule has 6 nitrogen and oxygen atoms in total. The van der Waals surface area contributed by atoms with Gasteiger partial charge in [-0.2, -0.15) is 0 Å². The molecule has 1 heterocycles. The van der Waals surface area contributed by atoms with E-state index in [-0.39, 0.29) is 12.1 Å².